The summed E-state index contributed by atoms with van der Waals surface area (Å²) < 4.78 is 27.1. The van der Waals surface area contributed by atoms with E-state index in [4.69, 9.17) is 23.2 Å². The zero-order valence-electron chi connectivity index (χ0n) is 23.9. The number of aryl methyl sites for hydroxylation is 1. The molecule has 220 valence electrons. The standard InChI is InChI=1S/C31H37Cl2N3O4S/c1-5-6-17-34-31(38)29(18-24-12-8-7-9-13-24)35(20-25-15-16-26(32)19-27(25)33)30(37)21-36(41(4,39)40)28-14-10-11-22(2)23(28)3/h7-16,19,29H,5-6,17-18,20-21H2,1-4H3,(H,34,38). The number of benzene rings is 3. The molecular formula is C31H37Cl2N3O4S. The molecule has 41 heavy (non-hydrogen) atoms. The molecule has 0 aromatic heterocycles. The van der Waals surface area contributed by atoms with Crippen LogP contribution in [0, 0.1) is 13.8 Å². The maximum Gasteiger partial charge on any atom is 0.244 e. The lowest BCUT2D eigenvalue weighted by atomic mass is 10.0. The highest BCUT2D eigenvalue weighted by atomic mass is 35.5. The molecule has 0 saturated carbocycles. The van der Waals surface area contributed by atoms with Crippen LogP contribution in [0.5, 0.6) is 0 Å². The van der Waals surface area contributed by atoms with E-state index in [9.17, 15) is 18.0 Å². The molecule has 3 aromatic carbocycles. The third-order valence-electron chi connectivity index (χ3n) is 6.98. The van der Waals surface area contributed by atoms with Crippen LogP contribution < -0.4 is 9.62 Å². The summed E-state index contributed by atoms with van der Waals surface area (Å²) in [5, 5.41) is 3.74. The minimum atomic E-state index is -3.85. The van der Waals surface area contributed by atoms with Crippen molar-refractivity contribution in [1.29, 1.82) is 0 Å². The van der Waals surface area contributed by atoms with Gasteiger partial charge in [0.25, 0.3) is 0 Å². The van der Waals surface area contributed by atoms with Gasteiger partial charge in [0.15, 0.2) is 0 Å². The molecular weight excluding hydrogens is 581 g/mol. The summed E-state index contributed by atoms with van der Waals surface area (Å²) in [7, 11) is -3.85. The van der Waals surface area contributed by atoms with Crippen LogP contribution in [0.25, 0.3) is 0 Å². The number of amides is 2. The number of halogens is 2. The van der Waals surface area contributed by atoms with Crippen molar-refractivity contribution in [2.75, 3.05) is 23.7 Å². The molecule has 0 radical (unpaired) electrons. The van der Waals surface area contributed by atoms with E-state index in [2.05, 4.69) is 5.32 Å². The summed E-state index contributed by atoms with van der Waals surface area (Å²) in [6, 6.07) is 18.7. The molecule has 0 aliphatic heterocycles. The van der Waals surface area contributed by atoms with Crippen molar-refractivity contribution < 1.29 is 18.0 Å². The fourth-order valence-electron chi connectivity index (χ4n) is 4.49. The molecule has 10 heteroatoms. The highest BCUT2D eigenvalue weighted by Gasteiger charge is 2.33. The quantitative estimate of drug-likeness (QED) is 0.241. The fraction of sp³-hybridized carbons (Fsp3) is 0.355. The summed E-state index contributed by atoms with van der Waals surface area (Å²) in [6.45, 7) is 5.69. The second kappa shape index (κ2) is 14.7. The maximum absolute atomic E-state index is 14.2. The van der Waals surface area contributed by atoms with Gasteiger partial charge in [-0.15, -0.1) is 0 Å². The average Bonchev–Trinajstić information content (AvgIpc) is 2.92. The van der Waals surface area contributed by atoms with E-state index in [1.807, 2.05) is 57.2 Å². The lowest BCUT2D eigenvalue weighted by Crippen LogP contribution is -2.53. The lowest BCUT2D eigenvalue weighted by Gasteiger charge is -2.34. The zero-order chi connectivity index (χ0) is 30.2. The van der Waals surface area contributed by atoms with Gasteiger partial charge in [-0.05, 0) is 60.7 Å². The van der Waals surface area contributed by atoms with Gasteiger partial charge in [-0.3, -0.25) is 13.9 Å². The van der Waals surface area contributed by atoms with Crippen molar-refractivity contribution in [1.82, 2.24) is 10.2 Å². The third kappa shape index (κ3) is 8.96. The highest BCUT2D eigenvalue weighted by Crippen LogP contribution is 2.27. The number of carbonyl (C=O) groups is 2. The summed E-state index contributed by atoms with van der Waals surface area (Å²) in [5.41, 5.74) is 3.50. The van der Waals surface area contributed by atoms with Gasteiger partial charge >= 0.3 is 0 Å². The van der Waals surface area contributed by atoms with E-state index in [0.29, 0.717) is 27.8 Å². The zero-order valence-corrected chi connectivity index (χ0v) is 26.2. The van der Waals surface area contributed by atoms with Crippen molar-refractivity contribution >= 4 is 50.7 Å². The number of unbranched alkanes of at least 4 members (excludes halogenated alkanes) is 1. The summed E-state index contributed by atoms with van der Waals surface area (Å²) in [5.74, 6) is -0.854. The van der Waals surface area contributed by atoms with Crippen LogP contribution in [0.3, 0.4) is 0 Å². The second-order valence-corrected chi connectivity index (χ2v) is 12.8. The first-order valence-electron chi connectivity index (χ1n) is 13.5. The first-order chi connectivity index (χ1) is 19.4. The number of hydrogen-bond acceptors (Lipinski definition) is 4. The minimum absolute atomic E-state index is 0.0159. The van der Waals surface area contributed by atoms with Crippen molar-refractivity contribution in [3.63, 3.8) is 0 Å². The minimum Gasteiger partial charge on any atom is -0.354 e. The van der Waals surface area contributed by atoms with E-state index in [1.54, 1.807) is 30.3 Å². The third-order valence-corrected chi connectivity index (χ3v) is 8.69. The molecule has 3 aromatic rings. The van der Waals surface area contributed by atoms with Gasteiger partial charge in [-0.1, -0.05) is 85.1 Å². The highest BCUT2D eigenvalue weighted by molar-refractivity contribution is 7.92. The van der Waals surface area contributed by atoms with Gasteiger partial charge in [-0.25, -0.2) is 8.42 Å². The molecule has 0 saturated heterocycles. The smallest absolute Gasteiger partial charge is 0.244 e. The number of sulfonamides is 1. The average molecular weight is 619 g/mol. The van der Waals surface area contributed by atoms with Gasteiger partial charge < -0.3 is 10.2 Å². The largest absolute Gasteiger partial charge is 0.354 e. The number of nitrogens with zero attached hydrogens (tertiary/aromatic N) is 2. The van der Waals surface area contributed by atoms with Crippen LogP contribution in [0.15, 0.2) is 66.7 Å². The number of hydrogen-bond donors (Lipinski definition) is 1. The molecule has 0 heterocycles. The number of anilines is 1. The Hall–Kier alpha value is -3.07. The number of nitrogens with one attached hydrogen (secondary N) is 1. The first kappa shape index (κ1) is 32.4. The van der Waals surface area contributed by atoms with Crippen molar-refractivity contribution in [3.05, 3.63) is 99.0 Å². The van der Waals surface area contributed by atoms with Gasteiger partial charge in [-0.2, -0.15) is 0 Å². The predicted octanol–water partition coefficient (Wildman–Crippen LogP) is 5.93. The van der Waals surface area contributed by atoms with Crippen LogP contribution in [0.4, 0.5) is 5.69 Å². The molecule has 1 N–H and O–H groups in total. The van der Waals surface area contributed by atoms with E-state index in [0.717, 1.165) is 40.1 Å². The van der Waals surface area contributed by atoms with E-state index >= 15 is 0 Å². The monoisotopic (exact) mass is 617 g/mol. The van der Waals surface area contributed by atoms with E-state index in [-0.39, 0.29) is 18.9 Å². The Kier molecular flexibility index (Phi) is 11.6. The Balaban J connectivity index is 2.09. The Morgan fingerprint density at radius 3 is 2.32 bits per heavy atom. The van der Waals surface area contributed by atoms with Gasteiger partial charge in [0.05, 0.1) is 11.9 Å². The lowest BCUT2D eigenvalue weighted by molar-refractivity contribution is -0.140. The molecule has 0 spiro atoms. The molecule has 3 rings (SSSR count). The summed E-state index contributed by atoms with van der Waals surface area (Å²) in [6.07, 6.45) is 2.99. The Morgan fingerprint density at radius 2 is 1.68 bits per heavy atom. The van der Waals surface area contributed by atoms with E-state index < -0.39 is 28.5 Å². The molecule has 1 atom stereocenters. The van der Waals surface area contributed by atoms with Crippen LogP contribution in [-0.2, 0) is 32.6 Å². The molecule has 0 aliphatic carbocycles. The van der Waals surface area contributed by atoms with Gasteiger partial charge in [0.1, 0.15) is 12.6 Å². The van der Waals surface area contributed by atoms with Crippen LogP contribution >= 0.6 is 23.2 Å². The summed E-state index contributed by atoms with van der Waals surface area (Å²) in [4.78, 5) is 29.3. The molecule has 7 nitrogen and oxygen atoms in total. The SMILES string of the molecule is CCCCNC(=O)C(Cc1ccccc1)N(Cc1ccc(Cl)cc1Cl)C(=O)CN(c1cccc(C)c1C)S(C)(=O)=O. The Morgan fingerprint density at radius 1 is 0.976 bits per heavy atom. The van der Waals surface area contributed by atoms with Gasteiger partial charge in [0, 0.05) is 29.6 Å². The fourth-order valence-corrected chi connectivity index (χ4v) is 5.86. The van der Waals surface area contributed by atoms with Crippen LogP contribution in [0.1, 0.15) is 42.0 Å². The normalized spacial score (nSPS) is 12.0. The first-order valence-corrected chi connectivity index (χ1v) is 16.1. The Labute approximate surface area is 253 Å². The van der Waals surface area contributed by atoms with Crippen molar-refractivity contribution in [2.45, 2.75) is 52.6 Å². The Bertz CT molecular complexity index is 1470. The van der Waals surface area contributed by atoms with Crippen LogP contribution in [0.2, 0.25) is 10.0 Å². The van der Waals surface area contributed by atoms with Crippen molar-refractivity contribution in [2.24, 2.45) is 0 Å². The van der Waals surface area contributed by atoms with Gasteiger partial charge in [0.2, 0.25) is 21.8 Å². The molecule has 0 aliphatic rings. The molecule has 2 amide bonds. The second-order valence-electron chi connectivity index (χ2n) is 10.1. The summed E-state index contributed by atoms with van der Waals surface area (Å²) >= 11 is 12.6. The van der Waals surface area contributed by atoms with E-state index in [1.165, 1.54) is 4.90 Å². The predicted molar refractivity (Wildman–Crippen MR) is 167 cm³/mol. The molecule has 1 unspecified atom stereocenters. The number of carbonyl (C=O) groups excluding carboxylic acids is 2. The maximum atomic E-state index is 14.2. The van der Waals surface area contributed by atoms with Crippen LogP contribution in [-0.4, -0.2) is 50.5 Å². The molecule has 0 bridgehead atoms. The number of rotatable bonds is 13. The topological polar surface area (TPSA) is 86.8 Å². The molecule has 0 fully saturated rings. The van der Waals surface area contributed by atoms with Crippen molar-refractivity contribution in [3.8, 4) is 0 Å².